The van der Waals surface area contributed by atoms with E-state index in [1.807, 2.05) is 11.8 Å². The molecule has 1 saturated carbocycles. The number of nitrogens with one attached hydrogen (secondary N) is 2. The Morgan fingerprint density at radius 2 is 2.17 bits per heavy atom. The average molecular weight is 271 g/mol. The van der Waals surface area contributed by atoms with Crippen molar-refractivity contribution in [3.8, 4) is 0 Å². The number of hydrogen-bond acceptors (Lipinski definition) is 4. The van der Waals surface area contributed by atoms with E-state index in [0.29, 0.717) is 17.8 Å². The van der Waals surface area contributed by atoms with E-state index < -0.39 is 0 Å². The van der Waals surface area contributed by atoms with Gasteiger partial charge in [-0.15, -0.1) is 0 Å². The van der Waals surface area contributed by atoms with Gasteiger partial charge in [-0.3, -0.25) is 9.69 Å². The maximum atomic E-state index is 12.0. The van der Waals surface area contributed by atoms with E-state index in [9.17, 15) is 4.79 Å². The Bertz CT molecular complexity index is 269. The van der Waals surface area contributed by atoms with Crippen LogP contribution < -0.4 is 10.6 Å². The van der Waals surface area contributed by atoms with Crippen molar-refractivity contribution in [1.82, 2.24) is 15.5 Å². The summed E-state index contributed by atoms with van der Waals surface area (Å²) < 4.78 is 0. The molecule has 1 aliphatic heterocycles. The third-order valence-corrected chi connectivity index (χ3v) is 5.08. The van der Waals surface area contributed by atoms with Crippen LogP contribution in [0.5, 0.6) is 0 Å². The van der Waals surface area contributed by atoms with E-state index in [4.69, 9.17) is 0 Å². The lowest BCUT2D eigenvalue weighted by molar-refractivity contribution is -0.123. The summed E-state index contributed by atoms with van der Waals surface area (Å²) in [4.78, 5) is 14.3. The van der Waals surface area contributed by atoms with Gasteiger partial charge in [-0.05, 0) is 18.6 Å². The SMILES string of the molecule is CCSC1CCCC1NC(=O)CN1CCNCC1. The highest BCUT2D eigenvalue weighted by molar-refractivity contribution is 7.99. The molecule has 1 saturated heterocycles. The minimum absolute atomic E-state index is 0.213. The second kappa shape index (κ2) is 7.36. The number of amides is 1. The molecule has 1 aliphatic carbocycles. The van der Waals surface area contributed by atoms with E-state index >= 15 is 0 Å². The van der Waals surface area contributed by atoms with Gasteiger partial charge in [0.1, 0.15) is 0 Å². The van der Waals surface area contributed by atoms with Crippen LogP contribution in [-0.4, -0.2) is 60.6 Å². The number of nitrogens with zero attached hydrogens (tertiary/aromatic N) is 1. The first-order chi connectivity index (χ1) is 8.79. The lowest BCUT2D eigenvalue weighted by Crippen LogP contribution is -2.49. The van der Waals surface area contributed by atoms with E-state index in [1.165, 1.54) is 12.8 Å². The Morgan fingerprint density at radius 1 is 1.39 bits per heavy atom. The van der Waals surface area contributed by atoms with Crippen molar-refractivity contribution in [3.05, 3.63) is 0 Å². The Morgan fingerprint density at radius 3 is 2.89 bits per heavy atom. The third kappa shape index (κ3) is 4.14. The molecule has 18 heavy (non-hydrogen) atoms. The summed E-state index contributed by atoms with van der Waals surface area (Å²) in [6.45, 7) is 6.76. The molecule has 1 amide bonds. The monoisotopic (exact) mass is 271 g/mol. The molecule has 1 heterocycles. The maximum Gasteiger partial charge on any atom is 0.234 e. The molecule has 0 aromatic rings. The first-order valence-corrected chi connectivity index (χ1v) is 8.18. The summed E-state index contributed by atoms with van der Waals surface area (Å²) in [7, 11) is 0. The predicted octanol–water partition coefficient (Wildman–Crippen LogP) is 0.682. The van der Waals surface area contributed by atoms with Gasteiger partial charge in [0.05, 0.1) is 6.54 Å². The van der Waals surface area contributed by atoms with E-state index in [0.717, 1.165) is 38.4 Å². The summed E-state index contributed by atoms with van der Waals surface area (Å²) >= 11 is 2.00. The van der Waals surface area contributed by atoms with Gasteiger partial charge >= 0.3 is 0 Å². The molecule has 0 aromatic heterocycles. The Kier molecular flexibility index (Phi) is 5.79. The molecular formula is C13H25N3OS. The van der Waals surface area contributed by atoms with Crippen LogP contribution in [0.3, 0.4) is 0 Å². The summed E-state index contributed by atoms with van der Waals surface area (Å²) in [5.74, 6) is 1.36. The van der Waals surface area contributed by atoms with Crippen LogP contribution in [0.25, 0.3) is 0 Å². The van der Waals surface area contributed by atoms with Gasteiger partial charge in [-0.25, -0.2) is 0 Å². The number of carbonyl (C=O) groups excluding carboxylic acids is 1. The number of thioether (sulfide) groups is 1. The largest absolute Gasteiger partial charge is 0.351 e. The van der Waals surface area contributed by atoms with Crippen molar-refractivity contribution in [2.24, 2.45) is 0 Å². The van der Waals surface area contributed by atoms with Crippen LogP contribution in [0, 0.1) is 0 Å². The highest BCUT2D eigenvalue weighted by Crippen LogP contribution is 2.29. The normalized spacial score (nSPS) is 29.4. The second-order valence-corrected chi connectivity index (χ2v) is 6.64. The first kappa shape index (κ1) is 14.2. The molecule has 2 aliphatic rings. The number of rotatable bonds is 5. The van der Waals surface area contributed by atoms with Crippen molar-refractivity contribution >= 4 is 17.7 Å². The lowest BCUT2D eigenvalue weighted by Gasteiger charge is -2.28. The molecule has 2 N–H and O–H groups in total. The minimum Gasteiger partial charge on any atom is -0.351 e. The highest BCUT2D eigenvalue weighted by Gasteiger charge is 2.28. The van der Waals surface area contributed by atoms with Gasteiger partial charge in [0.25, 0.3) is 0 Å². The summed E-state index contributed by atoms with van der Waals surface area (Å²) in [6, 6.07) is 0.408. The molecule has 0 radical (unpaired) electrons. The number of hydrogen-bond donors (Lipinski definition) is 2. The molecule has 0 spiro atoms. The van der Waals surface area contributed by atoms with Crippen molar-refractivity contribution in [2.45, 2.75) is 37.5 Å². The van der Waals surface area contributed by atoms with Crippen LogP contribution in [-0.2, 0) is 4.79 Å². The molecule has 5 heteroatoms. The fraction of sp³-hybridized carbons (Fsp3) is 0.923. The molecule has 0 aromatic carbocycles. The molecule has 2 unspecified atom stereocenters. The average Bonchev–Trinajstić information content (AvgIpc) is 2.78. The van der Waals surface area contributed by atoms with Gasteiger partial charge in [-0.2, -0.15) is 11.8 Å². The second-order valence-electron chi connectivity index (χ2n) is 5.12. The molecule has 4 nitrogen and oxygen atoms in total. The standard InChI is InChI=1S/C13H25N3OS/c1-2-18-12-5-3-4-11(12)15-13(17)10-16-8-6-14-7-9-16/h11-12,14H,2-10H2,1H3,(H,15,17). The van der Waals surface area contributed by atoms with Crippen LogP contribution in [0.1, 0.15) is 26.2 Å². The quantitative estimate of drug-likeness (QED) is 0.772. The van der Waals surface area contributed by atoms with Gasteiger partial charge in [0, 0.05) is 37.5 Å². The Balaban J connectivity index is 1.72. The topological polar surface area (TPSA) is 44.4 Å². The molecule has 2 atom stereocenters. The molecule has 0 bridgehead atoms. The maximum absolute atomic E-state index is 12.0. The Hall–Kier alpha value is -0.260. The lowest BCUT2D eigenvalue weighted by atomic mass is 10.2. The number of carbonyl (C=O) groups is 1. The fourth-order valence-electron chi connectivity index (χ4n) is 2.83. The van der Waals surface area contributed by atoms with E-state index in [1.54, 1.807) is 0 Å². The number of piperazine rings is 1. The van der Waals surface area contributed by atoms with Gasteiger partial charge in [0.15, 0.2) is 0 Å². The molecule has 2 fully saturated rings. The van der Waals surface area contributed by atoms with Crippen LogP contribution in [0.15, 0.2) is 0 Å². The highest BCUT2D eigenvalue weighted by atomic mass is 32.2. The Labute approximate surface area is 114 Å². The first-order valence-electron chi connectivity index (χ1n) is 7.13. The third-order valence-electron chi connectivity index (χ3n) is 3.76. The van der Waals surface area contributed by atoms with Crippen molar-refractivity contribution in [2.75, 3.05) is 38.5 Å². The summed E-state index contributed by atoms with van der Waals surface area (Å²) in [5.41, 5.74) is 0. The zero-order chi connectivity index (χ0) is 12.8. The summed E-state index contributed by atoms with van der Waals surface area (Å²) in [5, 5.41) is 7.19. The summed E-state index contributed by atoms with van der Waals surface area (Å²) in [6.07, 6.45) is 3.68. The smallest absolute Gasteiger partial charge is 0.234 e. The van der Waals surface area contributed by atoms with E-state index in [-0.39, 0.29) is 5.91 Å². The predicted molar refractivity (Wildman–Crippen MR) is 77.0 cm³/mol. The van der Waals surface area contributed by atoms with Gasteiger partial charge < -0.3 is 10.6 Å². The van der Waals surface area contributed by atoms with E-state index in [2.05, 4.69) is 22.5 Å². The fourth-order valence-corrected chi connectivity index (χ4v) is 4.03. The zero-order valence-corrected chi connectivity index (χ0v) is 12.1. The molecule has 2 rings (SSSR count). The van der Waals surface area contributed by atoms with Crippen LogP contribution in [0.2, 0.25) is 0 Å². The van der Waals surface area contributed by atoms with Gasteiger partial charge in [0.2, 0.25) is 5.91 Å². The van der Waals surface area contributed by atoms with Crippen LogP contribution in [0.4, 0.5) is 0 Å². The minimum atomic E-state index is 0.213. The van der Waals surface area contributed by atoms with Crippen LogP contribution >= 0.6 is 11.8 Å². The van der Waals surface area contributed by atoms with Crippen molar-refractivity contribution in [3.63, 3.8) is 0 Å². The zero-order valence-electron chi connectivity index (χ0n) is 11.3. The van der Waals surface area contributed by atoms with Crippen molar-refractivity contribution < 1.29 is 4.79 Å². The molecular weight excluding hydrogens is 246 g/mol. The van der Waals surface area contributed by atoms with Gasteiger partial charge in [-0.1, -0.05) is 13.3 Å². The molecule has 104 valence electrons. The van der Waals surface area contributed by atoms with Crippen molar-refractivity contribution in [1.29, 1.82) is 0 Å².